The number of nitrogens with zero attached hydrogens (tertiary/aromatic N) is 1. The molecule has 1 aliphatic rings. The number of carbonyl (C=O) groups excluding carboxylic acids is 2. The van der Waals surface area contributed by atoms with Gasteiger partial charge in [0.1, 0.15) is 5.82 Å². The number of hydrogen-bond acceptors (Lipinski definition) is 2. The summed E-state index contributed by atoms with van der Waals surface area (Å²) in [6.07, 6.45) is 7.56. The molecule has 2 rings (SSSR count). The first-order valence-corrected chi connectivity index (χ1v) is 7.50. The average Bonchev–Trinajstić information content (AvgIpc) is 2.98. The minimum atomic E-state index is -0.361. The molecule has 0 bridgehead atoms. The van der Waals surface area contributed by atoms with E-state index in [4.69, 9.17) is 0 Å². The second-order valence-corrected chi connectivity index (χ2v) is 5.26. The van der Waals surface area contributed by atoms with Gasteiger partial charge in [-0.1, -0.05) is 18.2 Å². The summed E-state index contributed by atoms with van der Waals surface area (Å²) in [4.78, 5) is 25.5. The molecule has 2 N–H and O–H groups in total. The number of halogens is 1. The zero-order valence-corrected chi connectivity index (χ0v) is 13.0. The van der Waals surface area contributed by atoms with Crippen molar-refractivity contribution in [3.8, 4) is 0 Å². The number of allylic oxidation sites excluding steroid dienone is 3. The molecule has 1 fully saturated rings. The summed E-state index contributed by atoms with van der Waals surface area (Å²) in [5.74, 6) is -0.418. The Bertz CT molecular complexity index is 611. The van der Waals surface area contributed by atoms with Gasteiger partial charge in [0.25, 0.3) is 0 Å². The number of carbonyl (C=O) groups is 2. The fourth-order valence-electron chi connectivity index (χ4n) is 2.32. The van der Waals surface area contributed by atoms with E-state index in [1.807, 2.05) is 13.0 Å². The van der Waals surface area contributed by atoms with Gasteiger partial charge < -0.3 is 15.5 Å². The van der Waals surface area contributed by atoms with Crippen molar-refractivity contribution >= 4 is 17.6 Å². The molecule has 0 spiro atoms. The predicted molar refractivity (Wildman–Crippen MR) is 87.5 cm³/mol. The zero-order valence-electron chi connectivity index (χ0n) is 13.0. The first-order valence-electron chi connectivity index (χ1n) is 7.50. The van der Waals surface area contributed by atoms with E-state index in [0.29, 0.717) is 25.2 Å². The van der Waals surface area contributed by atoms with Crippen molar-refractivity contribution in [3.05, 3.63) is 54.4 Å². The molecule has 3 amide bonds. The Morgan fingerprint density at radius 2 is 2.00 bits per heavy atom. The lowest BCUT2D eigenvalue weighted by Crippen LogP contribution is -2.40. The van der Waals surface area contributed by atoms with Gasteiger partial charge in [0.15, 0.2) is 0 Å². The summed E-state index contributed by atoms with van der Waals surface area (Å²) < 4.78 is 12.8. The van der Waals surface area contributed by atoms with Crippen LogP contribution in [0.25, 0.3) is 0 Å². The molecule has 1 aromatic rings. The molecule has 1 aromatic carbocycles. The summed E-state index contributed by atoms with van der Waals surface area (Å²) in [5, 5.41) is 5.46. The van der Waals surface area contributed by atoms with Crippen LogP contribution in [-0.2, 0) is 4.79 Å². The monoisotopic (exact) mass is 317 g/mol. The number of anilines is 1. The smallest absolute Gasteiger partial charge is 0.319 e. The summed E-state index contributed by atoms with van der Waals surface area (Å²) in [6, 6.07) is 5.09. The fraction of sp³-hybridized carbons (Fsp3) is 0.294. The highest BCUT2D eigenvalue weighted by atomic mass is 19.1. The Balaban J connectivity index is 1.79. The molecule has 0 aliphatic carbocycles. The van der Waals surface area contributed by atoms with Crippen molar-refractivity contribution in [2.75, 3.05) is 18.4 Å². The van der Waals surface area contributed by atoms with Crippen LogP contribution < -0.4 is 10.6 Å². The molecule has 1 atom stereocenters. The van der Waals surface area contributed by atoms with Gasteiger partial charge in [0.05, 0.1) is 0 Å². The van der Waals surface area contributed by atoms with Crippen LogP contribution in [0.4, 0.5) is 14.9 Å². The van der Waals surface area contributed by atoms with Gasteiger partial charge in [-0.25, -0.2) is 9.18 Å². The molecule has 1 saturated heterocycles. The second kappa shape index (κ2) is 8.12. The molecule has 1 aliphatic heterocycles. The third-order valence-electron chi connectivity index (χ3n) is 3.48. The van der Waals surface area contributed by atoms with Crippen LogP contribution in [0.2, 0.25) is 0 Å². The number of benzene rings is 1. The predicted octanol–water partition coefficient (Wildman–Crippen LogP) is 2.68. The van der Waals surface area contributed by atoms with Crippen molar-refractivity contribution < 1.29 is 14.0 Å². The highest BCUT2D eigenvalue weighted by Crippen LogP contribution is 2.11. The first kappa shape index (κ1) is 16.7. The van der Waals surface area contributed by atoms with Crippen molar-refractivity contribution in [2.24, 2.45) is 0 Å². The first-order chi connectivity index (χ1) is 11.1. The zero-order chi connectivity index (χ0) is 16.7. The SMILES string of the molecule is CC=CC=CC(=O)N1CCC(NC(=O)Nc2ccc(F)cc2)C1. The number of rotatable bonds is 4. The van der Waals surface area contributed by atoms with E-state index >= 15 is 0 Å². The third kappa shape index (κ3) is 5.25. The normalized spacial score (nSPS) is 17.8. The van der Waals surface area contributed by atoms with E-state index in [9.17, 15) is 14.0 Å². The Hall–Kier alpha value is -2.63. The molecule has 23 heavy (non-hydrogen) atoms. The fourth-order valence-corrected chi connectivity index (χ4v) is 2.32. The minimum absolute atomic E-state index is 0.0636. The summed E-state index contributed by atoms with van der Waals surface area (Å²) in [5.41, 5.74) is 0.518. The largest absolute Gasteiger partial charge is 0.337 e. The number of nitrogens with one attached hydrogen (secondary N) is 2. The maximum Gasteiger partial charge on any atom is 0.319 e. The number of urea groups is 1. The maximum atomic E-state index is 12.8. The lowest BCUT2D eigenvalue weighted by atomic mass is 10.3. The van der Waals surface area contributed by atoms with Gasteiger partial charge in [-0.2, -0.15) is 0 Å². The van der Waals surface area contributed by atoms with Gasteiger partial charge in [-0.3, -0.25) is 4.79 Å². The van der Waals surface area contributed by atoms with Crippen LogP contribution in [-0.4, -0.2) is 36.0 Å². The van der Waals surface area contributed by atoms with E-state index in [-0.39, 0.29) is 23.8 Å². The van der Waals surface area contributed by atoms with Crippen LogP contribution in [0.3, 0.4) is 0 Å². The van der Waals surface area contributed by atoms with Gasteiger partial charge in [0, 0.05) is 30.9 Å². The van der Waals surface area contributed by atoms with Crippen LogP contribution >= 0.6 is 0 Å². The molecular formula is C17H20FN3O2. The van der Waals surface area contributed by atoms with Crippen molar-refractivity contribution in [1.29, 1.82) is 0 Å². The van der Waals surface area contributed by atoms with Gasteiger partial charge >= 0.3 is 6.03 Å². The van der Waals surface area contributed by atoms with E-state index in [1.165, 1.54) is 30.3 Å². The van der Waals surface area contributed by atoms with E-state index < -0.39 is 0 Å². The molecule has 122 valence electrons. The van der Waals surface area contributed by atoms with Crippen molar-refractivity contribution in [3.63, 3.8) is 0 Å². The Kier molecular flexibility index (Phi) is 5.91. The molecule has 5 nitrogen and oxygen atoms in total. The van der Waals surface area contributed by atoms with Gasteiger partial charge in [-0.15, -0.1) is 0 Å². The second-order valence-electron chi connectivity index (χ2n) is 5.26. The van der Waals surface area contributed by atoms with Gasteiger partial charge in [-0.05, 0) is 37.6 Å². The molecule has 0 radical (unpaired) electrons. The van der Waals surface area contributed by atoms with E-state index in [1.54, 1.807) is 17.1 Å². The maximum absolute atomic E-state index is 12.8. The molecular weight excluding hydrogens is 297 g/mol. The Morgan fingerprint density at radius 3 is 2.70 bits per heavy atom. The van der Waals surface area contributed by atoms with Crippen molar-refractivity contribution in [1.82, 2.24) is 10.2 Å². The summed E-state index contributed by atoms with van der Waals surface area (Å²) in [6.45, 7) is 2.97. The van der Waals surface area contributed by atoms with Crippen LogP contribution in [0.5, 0.6) is 0 Å². The number of likely N-dealkylation sites (tertiary alicyclic amines) is 1. The van der Waals surface area contributed by atoms with Crippen LogP contribution in [0.1, 0.15) is 13.3 Å². The quantitative estimate of drug-likeness (QED) is 0.662. The van der Waals surface area contributed by atoms with E-state index in [2.05, 4.69) is 10.6 Å². The Labute approximate surface area is 134 Å². The molecule has 0 aromatic heterocycles. The number of hydrogen-bond donors (Lipinski definition) is 2. The summed E-state index contributed by atoms with van der Waals surface area (Å²) in [7, 11) is 0. The third-order valence-corrected chi connectivity index (χ3v) is 3.48. The lowest BCUT2D eigenvalue weighted by Gasteiger charge is -2.15. The minimum Gasteiger partial charge on any atom is -0.337 e. The molecule has 6 heteroatoms. The van der Waals surface area contributed by atoms with Crippen molar-refractivity contribution in [2.45, 2.75) is 19.4 Å². The standard InChI is InChI=1S/C17H20FN3O2/c1-2-3-4-5-16(22)21-11-10-15(12-21)20-17(23)19-14-8-6-13(18)7-9-14/h2-9,15H,10-12H2,1H3,(H2,19,20,23). The van der Waals surface area contributed by atoms with Crippen LogP contribution in [0, 0.1) is 5.82 Å². The topological polar surface area (TPSA) is 61.4 Å². The molecule has 1 heterocycles. The number of amides is 3. The van der Waals surface area contributed by atoms with Crippen LogP contribution in [0.15, 0.2) is 48.6 Å². The van der Waals surface area contributed by atoms with E-state index in [0.717, 1.165) is 0 Å². The highest BCUT2D eigenvalue weighted by molar-refractivity contribution is 5.90. The van der Waals surface area contributed by atoms with Gasteiger partial charge in [0.2, 0.25) is 5.91 Å². The molecule has 0 saturated carbocycles. The Morgan fingerprint density at radius 1 is 1.26 bits per heavy atom. The lowest BCUT2D eigenvalue weighted by molar-refractivity contribution is -0.125. The highest BCUT2D eigenvalue weighted by Gasteiger charge is 2.26. The average molecular weight is 317 g/mol. The molecule has 1 unspecified atom stereocenters. The summed E-state index contributed by atoms with van der Waals surface area (Å²) >= 11 is 0.